The number of ether oxygens (including phenoxy) is 2. The van der Waals surface area contributed by atoms with E-state index in [1.807, 2.05) is 13.8 Å². The molecule has 23 heavy (non-hydrogen) atoms. The zero-order valence-electron chi connectivity index (χ0n) is 15.0. The van der Waals surface area contributed by atoms with Gasteiger partial charge in [-0.3, -0.25) is 9.59 Å². The summed E-state index contributed by atoms with van der Waals surface area (Å²) in [6.07, 6.45) is 1.40. The van der Waals surface area contributed by atoms with Crippen molar-refractivity contribution in [2.24, 2.45) is 11.8 Å². The second-order valence-electron chi connectivity index (χ2n) is 7.35. The maximum atomic E-state index is 12.8. The number of hydrogen-bond acceptors (Lipinski definition) is 5. The van der Waals surface area contributed by atoms with Gasteiger partial charge in [-0.05, 0) is 39.5 Å². The number of hydrogen-bond donors (Lipinski definition) is 0. The molecule has 1 fully saturated rings. The van der Waals surface area contributed by atoms with Crippen molar-refractivity contribution in [2.75, 3.05) is 13.7 Å². The van der Waals surface area contributed by atoms with Crippen molar-refractivity contribution in [3.63, 3.8) is 0 Å². The van der Waals surface area contributed by atoms with Crippen LogP contribution in [0.15, 0.2) is 0 Å². The zero-order chi connectivity index (χ0) is 17.8. The van der Waals surface area contributed by atoms with Gasteiger partial charge in [0.25, 0.3) is 0 Å². The summed E-state index contributed by atoms with van der Waals surface area (Å²) in [5, 5.41) is 0. The van der Waals surface area contributed by atoms with Gasteiger partial charge in [-0.15, -0.1) is 0 Å². The van der Waals surface area contributed by atoms with Gasteiger partial charge in [0, 0.05) is 6.54 Å². The fraction of sp³-hybridized carbons (Fsp3) is 0.824. The minimum absolute atomic E-state index is 0.0125. The van der Waals surface area contributed by atoms with Crippen molar-refractivity contribution in [1.29, 1.82) is 0 Å². The molecular weight excluding hydrogens is 298 g/mol. The largest absolute Gasteiger partial charge is 0.469 e. The maximum Gasteiger partial charge on any atom is 0.329 e. The minimum Gasteiger partial charge on any atom is -0.469 e. The number of rotatable bonds is 5. The molecule has 6 nitrogen and oxygen atoms in total. The van der Waals surface area contributed by atoms with Crippen molar-refractivity contribution in [3.8, 4) is 0 Å². The molecule has 0 aliphatic carbocycles. The smallest absolute Gasteiger partial charge is 0.329 e. The number of methoxy groups -OCH3 is 1. The van der Waals surface area contributed by atoms with Gasteiger partial charge in [0.1, 0.15) is 11.6 Å². The summed E-state index contributed by atoms with van der Waals surface area (Å²) < 4.78 is 10.1. The van der Waals surface area contributed by atoms with Crippen molar-refractivity contribution in [1.82, 2.24) is 4.90 Å². The normalized spacial score (nSPS) is 19.6. The van der Waals surface area contributed by atoms with E-state index in [9.17, 15) is 14.4 Å². The Morgan fingerprint density at radius 1 is 1.22 bits per heavy atom. The molecule has 2 atom stereocenters. The molecule has 132 valence electrons. The van der Waals surface area contributed by atoms with E-state index in [1.54, 1.807) is 25.7 Å². The van der Waals surface area contributed by atoms with Gasteiger partial charge >= 0.3 is 11.9 Å². The highest BCUT2D eigenvalue weighted by molar-refractivity contribution is 5.88. The van der Waals surface area contributed by atoms with Crippen LogP contribution in [-0.4, -0.2) is 48.0 Å². The second kappa shape index (κ2) is 7.79. The van der Waals surface area contributed by atoms with Gasteiger partial charge in [0.05, 0.1) is 19.4 Å². The van der Waals surface area contributed by atoms with Crippen LogP contribution in [0.25, 0.3) is 0 Å². The first kappa shape index (κ1) is 19.5. The molecule has 0 spiro atoms. The molecule has 6 heteroatoms. The zero-order valence-corrected chi connectivity index (χ0v) is 15.0. The lowest BCUT2D eigenvalue weighted by atomic mass is 9.91. The predicted molar refractivity (Wildman–Crippen MR) is 85.5 cm³/mol. The molecule has 1 amide bonds. The third-order valence-electron chi connectivity index (χ3n) is 3.95. The summed E-state index contributed by atoms with van der Waals surface area (Å²) in [4.78, 5) is 38.3. The number of amides is 1. The van der Waals surface area contributed by atoms with Crippen LogP contribution in [0.3, 0.4) is 0 Å². The van der Waals surface area contributed by atoms with Crippen molar-refractivity contribution >= 4 is 17.8 Å². The van der Waals surface area contributed by atoms with Crippen LogP contribution in [0.2, 0.25) is 0 Å². The van der Waals surface area contributed by atoms with E-state index in [4.69, 9.17) is 4.74 Å². The monoisotopic (exact) mass is 327 g/mol. The van der Waals surface area contributed by atoms with E-state index >= 15 is 0 Å². The lowest BCUT2D eigenvalue weighted by molar-refractivity contribution is -0.164. The quantitative estimate of drug-likeness (QED) is 0.724. The van der Waals surface area contributed by atoms with Crippen LogP contribution in [0.1, 0.15) is 53.9 Å². The fourth-order valence-corrected chi connectivity index (χ4v) is 2.73. The Morgan fingerprint density at radius 3 is 2.30 bits per heavy atom. The highest BCUT2D eigenvalue weighted by Gasteiger charge is 2.40. The molecule has 0 N–H and O–H groups in total. The van der Waals surface area contributed by atoms with Gasteiger partial charge in [-0.1, -0.05) is 13.8 Å². The number of nitrogens with zero attached hydrogens (tertiary/aromatic N) is 1. The SMILES string of the molecule is COC(=O)C[C@@H](C(=O)N1CCC[C@H]1C(=O)OC(C)(C)C)C(C)C. The lowest BCUT2D eigenvalue weighted by Crippen LogP contribution is -2.47. The lowest BCUT2D eigenvalue weighted by Gasteiger charge is -2.31. The first-order valence-electron chi connectivity index (χ1n) is 8.17. The Kier molecular flexibility index (Phi) is 6.59. The van der Waals surface area contributed by atoms with E-state index in [-0.39, 0.29) is 24.2 Å². The summed E-state index contributed by atoms with van der Waals surface area (Å²) in [6, 6.07) is -0.555. The summed E-state index contributed by atoms with van der Waals surface area (Å²) in [7, 11) is 1.31. The van der Waals surface area contributed by atoms with Crippen LogP contribution in [0.5, 0.6) is 0 Å². The van der Waals surface area contributed by atoms with Gasteiger partial charge in [-0.25, -0.2) is 4.79 Å². The third-order valence-corrected chi connectivity index (χ3v) is 3.95. The van der Waals surface area contributed by atoms with Gasteiger partial charge in [0.15, 0.2) is 0 Å². The molecule has 1 aliphatic rings. The Labute approximate surface area is 138 Å². The first-order valence-corrected chi connectivity index (χ1v) is 8.17. The highest BCUT2D eigenvalue weighted by atomic mass is 16.6. The molecule has 0 radical (unpaired) electrons. The molecule has 0 unspecified atom stereocenters. The number of esters is 2. The van der Waals surface area contributed by atoms with Crippen molar-refractivity contribution < 1.29 is 23.9 Å². The molecular formula is C17H29NO5. The van der Waals surface area contributed by atoms with E-state index < -0.39 is 23.5 Å². The number of carbonyl (C=O) groups is 3. The van der Waals surface area contributed by atoms with E-state index in [0.29, 0.717) is 13.0 Å². The van der Waals surface area contributed by atoms with Crippen LogP contribution >= 0.6 is 0 Å². The number of likely N-dealkylation sites (tertiary alicyclic amines) is 1. The van der Waals surface area contributed by atoms with Crippen LogP contribution in [-0.2, 0) is 23.9 Å². The summed E-state index contributed by atoms with van der Waals surface area (Å²) in [6.45, 7) is 9.72. The molecule has 1 aliphatic heterocycles. The van der Waals surface area contributed by atoms with Crippen molar-refractivity contribution in [2.45, 2.75) is 65.5 Å². The predicted octanol–water partition coefficient (Wildman–Crippen LogP) is 2.15. The standard InChI is InChI=1S/C17H29NO5/c1-11(2)12(10-14(19)22-6)15(20)18-9-7-8-13(18)16(21)23-17(3,4)5/h11-13H,7-10H2,1-6H3/t12-,13+/m1/s1. The Balaban J connectivity index is 2.86. The first-order chi connectivity index (χ1) is 10.6. The number of carbonyl (C=O) groups excluding carboxylic acids is 3. The molecule has 0 aromatic rings. The van der Waals surface area contributed by atoms with E-state index in [1.165, 1.54) is 7.11 Å². The molecule has 1 rings (SSSR count). The average Bonchev–Trinajstić information content (AvgIpc) is 2.90. The molecule has 0 saturated carbocycles. The van der Waals surface area contributed by atoms with Crippen LogP contribution < -0.4 is 0 Å². The average molecular weight is 327 g/mol. The van der Waals surface area contributed by atoms with Gasteiger partial charge < -0.3 is 14.4 Å². The van der Waals surface area contributed by atoms with Gasteiger partial charge in [-0.2, -0.15) is 0 Å². The molecule has 0 aromatic heterocycles. The van der Waals surface area contributed by atoms with Crippen LogP contribution in [0, 0.1) is 11.8 Å². The molecule has 1 heterocycles. The maximum absolute atomic E-state index is 12.8. The van der Waals surface area contributed by atoms with E-state index in [2.05, 4.69) is 4.74 Å². The topological polar surface area (TPSA) is 72.9 Å². The molecule has 1 saturated heterocycles. The third kappa shape index (κ3) is 5.52. The van der Waals surface area contributed by atoms with E-state index in [0.717, 1.165) is 6.42 Å². The molecule has 0 aromatic carbocycles. The summed E-state index contributed by atoms with van der Waals surface area (Å²) >= 11 is 0. The Bertz CT molecular complexity index is 452. The van der Waals surface area contributed by atoms with Crippen molar-refractivity contribution in [3.05, 3.63) is 0 Å². The molecule has 0 bridgehead atoms. The minimum atomic E-state index is -0.585. The Morgan fingerprint density at radius 2 is 1.83 bits per heavy atom. The summed E-state index contributed by atoms with van der Waals surface area (Å²) in [5.41, 5.74) is -0.585. The Hall–Kier alpha value is -1.59. The summed E-state index contributed by atoms with van der Waals surface area (Å²) in [5.74, 6) is -1.44. The van der Waals surface area contributed by atoms with Crippen LogP contribution in [0.4, 0.5) is 0 Å². The second-order valence-corrected chi connectivity index (χ2v) is 7.35. The fourth-order valence-electron chi connectivity index (χ4n) is 2.73. The highest BCUT2D eigenvalue weighted by Crippen LogP contribution is 2.27. The van der Waals surface area contributed by atoms with Gasteiger partial charge in [0.2, 0.25) is 5.91 Å².